The first-order valence-corrected chi connectivity index (χ1v) is 2.53. The molecule has 0 heterocycles. The first-order valence-electron chi connectivity index (χ1n) is 2.53. The molecule has 7 heavy (non-hydrogen) atoms. The summed E-state index contributed by atoms with van der Waals surface area (Å²) in [5.41, 5.74) is 0. The molecule has 0 bridgehead atoms. The van der Waals surface area contributed by atoms with E-state index in [0.717, 1.165) is 0 Å². The monoisotopic (exact) mass is 164 g/mol. The molecule has 0 atom stereocenters. The summed E-state index contributed by atoms with van der Waals surface area (Å²) in [6.07, 6.45) is 6.77. The Morgan fingerprint density at radius 2 is 2.00 bits per heavy atom. The van der Waals surface area contributed by atoms with Crippen LogP contribution in [0.3, 0.4) is 0 Å². The van der Waals surface area contributed by atoms with Crippen LogP contribution in [-0.4, -0.2) is 0 Å². The van der Waals surface area contributed by atoms with Crippen molar-refractivity contribution in [2.45, 2.75) is 26.7 Å². The molecule has 0 rings (SSSR count). The van der Waals surface area contributed by atoms with Crippen LogP contribution in [0.1, 0.15) is 26.7 Å². The maximum atomic E-state index is 2.18. The first kappa shape index (κ1) is 10.3. The van der Waals surface area contributed by atoms with E-state index < -0.39 is 0 Å². The van der Waals surface area contributed by atoms with Gasteiger partial charge in [-0.05, 0) is 13.3 Å². The van der Waals surface area contributed by atoms with Crippen molar-refractivity contribution in [2.24, 2.45) is 0 Å². The molecule has 0 aromatic carbocycles. The van der Waals surface area contributed by atoms with Gasteiger partial charge in [-0.25, -0.2) is 0 Å². The molecule has 0 aliphatic rings. The van der Waals surface area contributed by atoms with Crippen LogP contribution in [0.2, 0.25) is 0 Å². The van der Waals surface area contributed by atoms with E-state index in [4.69, 9.17) is 0 Å². The summed E-state index contributed by atoms with van der Waals surface area (Å²) in [6.45, 7) is 4.23. The lowest BCUT2D eigenvalue weighted by Gasteiger charge is -1.76. The van der Waals surface area contributed by atoms with E-state index in [1.807, 2.05) is 0 Å². The molecule has 0 aliphatic heterocycles. The Morgan fingerprint density at radius 3 is 2.14 bits per heavy atom. The van der Waals surface area contributed by atoms with Crippen molar-refractivity contribution in [1.29, 1.82) is 0 Å². The van der Waals surface area contributed by atoms with Gasteiger partial charge in [0.2, 0.25) is 0 Å². The van der Waals surface area contributed by atoms with E-state index in [-0.39, 0.29) is 17.0 Å². The highest BCUT2D eigenvalue weighted by molar-refractivity contribution is 8.93. The Balaban J connectivity index is 0. The normalized spacial score (nSPS) is 8.86. The van der Waals surface area contributed by atoms with Gasteiger partial charge in [0, 0.05) is 0 Å². The predicted octanol–water partition coefficient (Wildman–Crippen LogP) is 2.94. The fraction of sp³-hybridized carbons (Fsp3) is 0.667. The number of rotatable bonds is 2. The molecule has 1 heteroatoms. The molecule has 0 saturated heterocycles. The molecular weight excluding hydrogens is 152 g/mol. The van der Waals surface area contributed by atoms with E-state index in [1.54, 1.807) is 0 Å². The van der Waals surface area contributed by atoms with Gasteiger partial charge in [0.1, 0.15) is 0 Å². The minimum absolute atomic E-state index is 0. The number of unbranched alkanes of at least 4 members (excludes halogenated alkanes) is 1. The zero-order valence-corrected chi connectivity index (χ0v) is 6.69. The predicted molar refractivity (Wildman–Crippen MR) is 40.0 cm³/mol. The maximum absolute atomic E-state index is 2.18. The Bertz CT molecular complexity index is 39.4. The molecule has 0 nitrogen and oxygen atoms in total. The molecule has 0 saturated carbocycles. The Labute approximate surface area is 56.4 Å². The van der Waals surface area contributed by atoms with Crippen LogP contribution in [0.4, 0.5) is 0 Å². The summed E-state index contributed by atoms with van der Waals surface area (Å²) in [6, 6.07) is 0. The van der Waals surface area contributed by atoms with Crippen molar-refractivity contribution in [2.75, 3.05) is 0 Å². The van der Waals surface area contributed by atoms with Crippen LogP contribution in [0.25, 0.3) is 0 Å². The number of allylic oxidation sites excluding steroid dienone is 2. The van der Waals surface area contributed by atoms with E-state index in [0.29, 0.717) is 0 Å². The molecule has 44 valence electrons. The van der Waals surface area contributed by atoms with Gasteiger partial charge in [-0.15, -0.1) is 17.0 Å². The average Bonchev–Trinajstić information content (AvgIpc) is 1.61. The summed E-state index contributed by atoms with van der Waals surface area (Å²) < 4.78 is 0. The number of hydrogen-bond acceptors (Lipinski definition) is 0. The third-order valence-electron chi connectivity index (χ3n) is 0.691. The molecule has 0 radical (unpaired) electrons. The van der Waals surface area contributed by atoms with Gasteiger partial charge in [-0.1, -0.05) is 25.5 Å². The number of halogens is 1. The van der Waals surface area contributed by atoms with E-state index >= 15 is 0 Å². The topological polar surface area (TPSA) is 0 Å². The van der Waals surface area contributed by atoms with Gasteiger partial charge in [0.25, 0.3) is 0 Å². The first-order chi connectivity index (χ1) is 2.91. The minimum Gasteiger partial charge on any atom is -0.114 e. The van der Waals surface area contributed by atoms with Gasteiger partial charge < -0.3 is 0 Å². The zero-order valence-electron chi connectivity index (χ0n) is 4.98. The molecular formula is C6H13Br. The van der Waals surface area contributed by atoms with Crippen LogP contribution >= 0.6 is 17.0 Å². The van der Waals surface area contributed by atoms with Crippen molar-refractivity contribution < 1.29 is 0 Å². The van der Waals surface area contributed by atoms with Crippen molar-refractivity contribution in [3.63, 3.8) is 0 Å². The Hall–Kier alpha value is 0.220. The maximum Gasteiger partial charge on any atom is -0.0353 e. The molecule has 0 unspecified atom stereocenters. The fourth-order valence-corrected chi connectivity index (χ4v) is 0.333. The highest BCUT2D eigenvalue weighted by atomic mass is 79.9. The van der Waals surface area contributed by atoms with E-state index in [2.05, 4.69) is 26.0 Å². The third kappa shape index (κ3) is 10.7. The van der Waals surface area contributed by atoms with Crippen molar-refractivity contribution in [3.05, 3.63) is 12.2 Å². The molecule has 0 amide bonds. The largest absolute Gasteiger partial charge is 0.114 e. The zero-order chi connectivity index (χ0) is 4.83. The molecule has 0 fully saturated rings. The summed E-state index contributed by atoms with van der Waals surface area (Å²) in [5.74, 6) is 0. The van der Waals surface area contributed by atoms with Crippen LogP contribution in [0.5, 0.6) is 0 Å². The van der Waals surface area contributed by atoms with Gasteiger partial charge in [-0.2, -0.15) is 0 Å². The Morgan fingerprint density at radius 1 is 1.43 bits per heavy atom. The lowest BCUT2D eigenvalue weighted by Crippen LogP contribution is -1.55. The fourth-order valence-electron chi connectivity index (χ4n) is 0.333. The lowest BCUT2D eigenvalue weighted by atomic mass is 10.3. The summed E-state index contributed by atoms with van der Waals surface area (Å²) in [5, 5.41) is 0. The molecule has 0 aliphatic carbocycles. The summed E-state index contributed by atoms with van der Waals surface area (Å²) in [4.78, 5) is 0. The van der Waals surface area contributed by atoms with Crippen LogP contribution < -0.4 is 0 Å². The second-order valence-electron chi connectivity index (χ2n) is 1.36. The second-order valence-corrected chi connectivity index (χ2v) is 1.36. The standard InChI is InChI=1S/C6H12.BrH/c1-3-5-6-4-2;/h3,5H,4,6H2,1-2H3;1H. The second kappa shape index (κ2) is 9.52. The van der Waals surface area contributed by atoms with E-state index in [1.165, 1.54) is 12.8 Å². The molecule has 0 aromatic rings. The van der Waals surface area contributed by atoms with Crippen LogP contribution in [0.15, 0.2) is 12.2 Å². The van der Waals surface area contributed by atoms with Crippen LogP contribution in [-0.2, 0) is 0 Å². The van der Waals surface area contributed by atoms with Crippen molar-refractivity contribution in [3.8, 4) is 0 Å². The minimum atomic E-state index is 0. The van der Waals surface area contributed by atoms with Gasteiger partial charge in [-0.3, -0.25) is 0 Å². The van der Waals surface area contributed by atoms with Crippen molar-refractivity contribution in [1.82, 2.24) is 0 Å². The van der Waals surface area contributed by atoms with Gasteiger partial charge in [0.05, 0.1) is 0 Å². The quantitative estimate of drug-likeness (QED) is 0.552. The highest BCUT2D eigenvalue weighted by Gasteiger charge is 1.64. The number of hydrogen-bond donors (Lipinski definition) is 0. The van der Waals surface area contributed by atoms with Crippen molar-refractivity contribution >= 4 is 17.0 Å². The molecule has 0 N–H and O–H groups in total. The lowest BCUT2D eigenvalue weighted by molar-refractivity contribution is 0.957. The third-order valence-corrected chi connectivity index (χ3v) is 0.691. The van der Waals surface area contributed by atoms with Gasteiger partial charge >= 0.3 is 0 Å². The SMILES string of the molecule is Br.CC=CCCC. The smallest absolute Gasteiger partial charge is 0.0353 e. The Kier molecular flexibility index (Phi) is 13.9. The molecule has 0 aromatic heterocycles. The molecule has 0 spiro atoms. The van der Waals surface area contributed by atoms with Crippen LogP contribution in [0, 0.1) is 0 Å². The summed E-state index contributed by atoms with van der Waals surface area (Å²) in [7, 11) is 0. The van der Waals surface area contributed by atoms with E-state index in [9.17, 15) is 0 Å². The summed E-state index contributed by atoms with van der Waals surface area (Å²) >= 11 is 0. The van der Waals surface area contributed by atoms with Gasteiger partial charge in [0.15, 0.2) is 0 Å². The highest BCUT2D eigenvalue weighted by Crippen LogP contribution is 1.85. The average molecular weight is 165 g/mol.